The minimum Gasteiger partial charge on any atom is -0.244 e. The summed E-state index contributed by atoms with van der Waals surface area (Å²) in [7, 11) is -3.30. The lowest BCUT2D eigenvalue weighted by Crippen LogP contribution is -2.26. The molecule has 2 aliphatic rings. The van der Waals surface area contributed by atoms with Gasteiger partial charge in [0.15, 0.2) is 14.9 Å². The summed E-state index contributed by atoms with van der Waals surface area (Å²) < 4.78 is 36.6. The molecule has 1 aromatic heterocycles. The standard InChI is InChI=1S/C20H20FNO2S/c1-25(23,24)19-8-5-15(13-22-19)18-12-20(9-2-10-20)11-17(18)14-3-6-16(21)7-4-14/h3-8,13H,2,9-12H2,1H3. The lowest BCUT2D eigenvalue weighted by Gasteiger charge is -2.39. The number of rotatable bonds is 3. The maximum Gasteiger partial charge on any atom is 0.192 e. The van der Waals surface area contributed by atoms with Crippen LogP contribution in [-0.2, 0) is 9.84 Å². The number of hydrogen-bond acceptors (Lipinski definition) is 3. The first-order valence-corrected chi connectivity index (χ1v) is 10.4. The molecule has 0 radical (unpaired) electrons. The Kier molecular flexibility index (Phi) is 3.80. The second-order valence-electron chi connectivity index (χ2n) is 7.33. The molecule has 1 fully saturated rings. The molecule has 1 spiro atoms. The van der Waals surface area contributed by atoms with Crippen LogP contribution in [0.3, 0.4) is 0 Å². The van der Waals surface area contributed by atoms with Crippen LogP contribution in [0.4, 0.5) is 4.39 Å². The molecule has 1 saturated carbocycles. The number of pyridine rings is 1. The fourth-order valence-electron chi connectivity index (χ4n) is 4.04. The van der Waals surface area contributed by atoms with E-state index in [-0.39, 0.29) is 10.8 Å². The number of allylic oxidation sites excluding steroid dienone is 2. The van der Waals surface area contributed by atoms with E-state index in [4.69, 9.17) is 0 Å². The van der Waals surface area contributed by atoms with Crippen LogP contribution in [0.15, 0.2) is 47.6 Å². The van der Waals surface area contributed by atoms with Crippen LogP contribution in [-0.4, -0.2) is 19.7 Å². The van der Waals surface area contributed by atoms with Crippen LogP contribution in [0.1, 0.15) is 43.2 Å². The zero-order chi connectivity index (χ0) is 17.7. The number of aromatic nitrogens is 1. The van der Waals surface area contributed by atoms with E-state index in [9.17, 15) is 12.8 Å². The van der Waals surface area contributed by atoms with Crippen molar-refractivity contribution in [3.05, 3.63) is 59.5 Å². The Morgan fingerprint density at radius 3 is 2.04 bits per heavy atom. The molecule has 0 amide bonds. The largest absolute Gasteiger partial charge is 0.244 e. The molecule has 2 aliphatic carbocycles. The van der Waals surface area contributed by atoms with Gasteiger partial charge in [-0.1, -0.05) is 24.6 Å². The molecule has 0 N–H and O–H groups in total. The molecule has 3 nitrogen and oxygen atoms in total. The number of halogens is 1. The zero-order valence-electron chi connectivity index (χ0n) is 14.1. The van der Waals surface area contributed by atoms with E-state index in [1.165, 1.54) is 42.5 Å². The summed E-state index contributed by atoms with van der Waals surface area (Å²) in [6.07, 6.45) is 8.51. The molecule has 0 unspecified atom stereocenters. The first-order chi connectivity index (χ1) is 11.9. The van der Waals surface area contributed by atoms with Gasteiger partial charge < -0.3 is 0 Å². The van der Waals surface area contributed by atoms with Gasteiger partial charge in [-0.2, -0.15) is 0 Å². The third-order valence-electron chi connectivity index (χ3n) is 5.54. The van der Waals surface area contributed by atoms with Gasteiger partial charge in [0.2, 0.25) is 0 Å². The predicted molar refractivity (Wildman–Crippen MR) is 96.1 cm³/mol. The monoisotopic (exact) mass is 357 g/mol. The number of hydrogen-bond donors (Lipinski definition) is 0. The average Bonchev–Trinajstić information content (AvgIpc) is 2.96. The highest BCUT2D eigenvalue weighted by Crippen LogP contribution is 2.59. The molecule has 0 bridgehead atoms. The third kappa shape index (κ3) is 3.01. The topological polar surface area (TPSA) is 47.0 Å². The maximum absolute atomic E-state index is 13.3. The highest BCUT2D eigenvalue weighted by atomic mass is 32.2. The van der Waals surface area contributed by atoms with Gasteiger partial charge >= 0.3 is 0 Å². The summed E-state index contributed by atoms with van der Waals surface area (Å²) in [4.78, 5) is 4.15. The second kappa shape index (κ2) is 5.77. The van der Waals surface area contributed by atoms with Crippen molar-refractivity contribution in [1.82, 2.24) is 4.98 Å². The van der Waals surface area contributed by atoms with Crippen LogP contribution < -0.4 is 0 Å². The molecule has 0 aliphatic heterocycles. The van der Waals surface area contributed by atoms with Gasteiger partial charge in [0.25, 0.3) is 0 Å². The Hall–Kier alpha value is -2.01. The summed E-state index contributed by atoms with van der Waals surface area (Å²) >= 11 is 0. The predicted octanol–water partition coefficient (Wildman–Crippen LogP) is 4.50. The van der Waals surface area contributed by atoms with E-state index in [1.807, 2.05) is 18.2 Å². The van der Waals surface area contributed by atoms with E-state index >= 15 is 0 Å². The molecule has 4 rings (SSSR count). The summed E-state index contributed by atoms with van der Waals surface area (Å²) in [5, 5.41) is 0.0940. The SMILES string of the molecule is CS(=O)(=O)c1ccc(C2=C(c3ccc(F)cc3)CC3(CCC3)C2)cn1. The van der Waals surface area contributed by atoms with Gasteiger partial charge in [0.1, 0.15) is 5.82 Å². The van der Waals surface area contributed by atoms with Gasteiger partial charge in [0, 0.05) is 12.5 Å². The lowest BCUT2D eigenvalue weighted by atomic mass is 9.66. The van der Waals surface area contributed by atoms with E-state index in [2.05, 4.69) is 4.98 Å². The lowest BCUT2D eigenvalue weighted by molar-refractivity contribution is 0.157. The Bertz CT molecular complexity index is 940. The second-order valence-corrected chi connectivity index (χ2v) is 9.29. The molecule has 130 valence electrons. The van der Waals surface area contributed by atoms with Crippen molar-refractivity contribution in [2.24, 2.45) is 5.41 Å². The minimum atomic E-state index is -3.30. The zero-order valence-corrected chi connectivity index (χ0v) is 14.9. The van der Waals surface area contributed by atoms with Crippen molar-refractivity contribution < 1.29 is 12.8 Å². The first-order valence-electron chi connectivity index (χ1n) is 8.51. The van der Waals surface area contributed by atoms with Crippen molar-refractivity contribution in [2.45, 2.75) is 37.1 Å². The van der Waals surface area contributed by atoms with E-state index in [1.54, 1.807) is 12.3 Å². The van der Waals surface area contributed by atoms with E-state index < -0.39 is 9.84 Å². The van der Waals surface area contributed by atoms with Crippen molar-refractivity contribution in [3.63, 3.8) is 0 Å². The molecule has 2 aromatic rings. The van der Waals surface area contributed by atoms with Crippen LogP contribution in [0, 0.1) is 11.2 Å². The average molecular weight is 357 g/mol. The van der Waals surface area contributed by atoms with Crippen LogP contribution >= 0.6 is 0 Å². The van der Waals surface area contributed by atoms with Gasteiger partial charge in [-0.3, -0.25) is 0 Å². The molecule has 0 saturated heterocycles. The van der Waals surface area contributed by atoms with Crippen molar-refractivity contribution in [1.29, 1.82) is 0 Å². The normalized spacial score (nSPS) is 19.3. The number of benzene rings is 1. The van der Waals surface area contributed by atoms with E-state index in [0.29, 0.717) is 5.41 Å². The summed E-state index contributed by atoms with van der Waals surface area (Å²) in [5.74, 6) is -0.235. The molecule has 1 aromatic carbocycles. The minimum absolute atomic E-state index is 0.0940. The molecule has 0 atom stereocenters. The molecular formula is C20H20FNO2S. The van der Waals surface area contributed by atoms with Crippen LogP contribution in [0.2, 0.25) is 0 Å². The number of sulfone groups is 1. The Labute approximate surface area is 147 Å². The fourth-order valence-corrected chi connectivity index (χ4v) is 4.60. The van der Waals surface area contributed by atoms with Gasteiger partial charge in [-0.25, -0.2) is 17.8 Å². The smallest absolute Gasteiger partial charge is 0.192 e. The first kappa shape index (κ1) is 16.5. The molecule has 1 heterocycles. The van der Waals surface area contributed by atoms with Gasteiger partial charge in [-0.05, 0) is 71.6 Å². The maximum atomic E-state index is 13.3. The molecule has 5 heteroatoms. The van der Waals surface area contributed by atoms with Gasteiger partial charge in [0.05, 0.1) is 0 Å². The molecular weight excluding hydrogens is 337 g/mol. The Morgan fingerprint density at radius 1 is 0.960 bits per heavy atom. The highest BCUT2D eigenvalue weighted by Gasteiger charge is 2.43. The summed E-state index contributed by atoms with van der Waals surface area (Å²) in [5.41, 5.74) is 4.81. The van der Waals surface area contributed by atoms with Crippen molar-refractivity contribution in [3.8, 4) is 0 Å². The quantitative estimate of drug-likeness (QED) is 0.812. The third-order valence-corrected chi connectivity index (χ3v) is 6.54. The van der Waals surface area contributed by atoms with Gasteiger partial charge in [-0.15, -0.1) is 0 Å². The summed E-state index contributed by atoms with van der Waals surface area (Å²) in [6.45, 7) is 0. The fraction of sp³-hybridized carbons (Fsp3) is 0.350. The highest BCUT2D eigenvalue weighted by molar-refractivity contribution is 7.90. The van der Waals surface area contributed by atoms with Crippen molar-refractivity contribution in [2.75, 3.05) is 6.26 Å². The van der Waals surface area contributed by atoms with E-state index in [0.717, 1.165) is 30.2 Å². The van der Waals surface area contributed by atoms with Crippen LogP contribution in [0.25, 0.3) is 11.1 Å². The van der Waals surface area contributed by atoms with Crippen LogP contribution in [0.5, 0.6) is 0 Å². The molecule has 25 heavy (non-hydrogen) atoms. The number of nitrogens with zero attached hydrogens (tertiary/aromatic N) is 1. The Balaban J connectivity index is 1.77. The Morgan fingerprint density at radius 2 is 1.56 bits per heavy atom. The summed E-state index contributed by atoms with van der Waals surface area (Å²) in [6, 6.07) is 10.1. The van der Waals surface area contributed by atoms with Crippen molar-refractivity contribution >= 4 is 21.0 Å².